The molecule has 2 rings (SSSR count). The molecule has 0 atom stereocenters. The highest BCUT2D eigenvalue weighted by Gasteiger charge is 2.08. The van der Waals surface area contributed by atoms with E-state index < -0.39 is 5.97 Å². The lowest BCUT2D eigenvalue weighted by Crippen LogP contribution is -2.13. The Morgan fingerprint density at radius 2 is 1.83 bits per heavy atom. The van der Waals surface area contributed by atoms with E-state index in [-0.39, 0.29) is 19.1 Å². The smallest absolute Gasteiger partial charge is 0.332 e. The van der Waals surface area contributed by atoms with Crippen LogP contribution in [-0.4, -0.2) is 25.6 Å². The van der Waals surface area contributed by atoms with Gasteiger partial charge in [-0.3, -0.25) is 4.79 Å². The Morgan fingerprint density at radius 1 is 1.12 bits per heavy atom. The molecule has 2 aromatic rings. The quantitative estimate of drug-likeness (QED) is 0.811. The minimum atomic E-state index is -0.433. The summed E-state index contributed by atoms with van der Waals surface area (Å²) < 4.78 is 9.69. The number of amides is 1. The zero-order chi connectivity index (χ0) is 17.5. The fraction of sp³-hybridized carbons (Fsp3) is 0.222. The number of anilines is 1. The maximum Gasteiger partial charge on any atom is 0.332 e. The molecule has 0 radical (unpaired) electrons. The minimum Gasteiger partial charge on any atom is -0.459 e. The number of hydrogen-bond acceptors (Lipinski definition) is 4. The van der Waals surface area contributed by atoms with Crippen LogP contribution >= 0.6 is 11.6 Å². The first-order chi connectivity index (χ1) is 11.5. The Balaban J connectivity index is 1.95. The van der Waals surface area contributed by atoms with E-state index in [1.807, 2.05) is 13.0 Å². The highest BCUT2D eigenvalue weighted by atomic mass is 35.5. The Hall–Kier alpha value is -2.37. The number of methoxy groups -OCH3 is 1. The van der Waals surface area contributed by atoms with E-state index >= 15 is 0 Å². The van der Waals surface area contributed by atoms with Crippen molar-refractivity contribution in [1.82, 2.24) is 0 Å². The second kappa shape index (κ2) is 8.47. The molecule has 0 saturated heterocycles. The van der Waals surface area contributed by atoms with E-state index in [1.54, 1.807) is 36.4 Å². The van der Waals surface area contributed by atoms with E-state index in [0.717, 1.165) is 11.1 Å². The van der Waals surface area contributed by atoms with Gasteiger partial charge in [-0.15, -0.1) is 0 Å². The van der Waals surface area contributed by atoms with Crippen LogP contribution in [0.4, 0.5) is 5.69 Å². The molecule has 0 saturated carbocycles. The largest absolute Gasteiger partial charge is 0.459 e. The average molecular weight is 348 g/mol. The van der Waals surface area contributed by atoms with Crippen LogP contribution in [0.1, 0.15) is 21.5 Å². The van der Waals surface area contributed by atoms with Gasteiger partial charge >= 0.3 is 5.97 Å². The lowest BCUT2D eigenvalue weighted by Gasteiger charge is -2.08. The lowest BCUT2D eigenvalue weighted by molar-refractivity contribution is -0.149. The molecule has 1 amide bonds. The third kappa shape index (κ3) is 5.08. The summed E-state index contributed by atoms with van der Waals surface area (Å²) in [6.45, 7) is 1.93. The topological polar surface area (TPSA) is 64.6 Å². The van der Waals surface area contributed by atoms with Gasteiger partial charge in [-0.25, -0.2) is 4.79 Å². The van der Waals surface area contributed by atoms with Gasteiger partial charge in [0.1, 0.15) is 13.2 Å². The molecule has 6 heteroatoms. The molecule has 0 bridgehead atoms. The van der Waals surface area contributed by atoms with Crippen molar-refractivity contribution in [3.05, 3.63) is 64.2 Å². The fourth-order valence-electron chi connectivity index (χ4n) is 2.00. The number of rotatable bonds is 6. The number of halogens is 1. The van der Waals surface area contributed by atoms with Gasteiger partial charge in [0.2, 0.25) is 0 Å². The van der Waals surface area contributed by atoms with Gasteiger partial charge in [-0.1, -0.05) is 23.7 Å². The van der Waals surface area contributed by atoms with Crippen LogP contribution in [0.15, 0.2) is 42.5 Å². The summed E-state index contributed by atoms with van der Waals surface area (Å²) in [7, 11) is 1.43. The number of hydrogen-bond donors (Lipinski definition) is 1. The van der Waals surface area contributed by atoms with Crippen molar-refractivity contribution in [3.8, 4) is 0 Å². The average Bonchev–Trinajstić information content (AvgIpc) is 2.57. The Labute approximate surface area is 145 Å². The molecular formula is C18H18ClNO4. The standard InChI is InChI=1S/C18H18ClNO4/c1-12-9-15(7-8-16(12)19)20-18(22)14-5-3-13(4-6-14)10-24-17(21)11-23-2/h3-9H,10-11H2,1-2H3,(H,20,22). The Bertz CT molecular complexity index is 728. The molecule has 0 aliphatic carbocycles. The molecule has 0 aliphatic heterocycles. The lowest BCUT2D eigenvalue weighted by atomic mass is 10.1. The van der Waals surface area contributed by atoms with Crippen LogP contribution in [0.25, 0.3) is 0 Å². The second-order valence-electron chi connectivity index (χ2n) is 5.21. The normalized spacial score (nSPS) is 10.3. The predicted molar refractivity (Wildman–Crippen MR) is 92.3 cm³/mol. The van der Waals surface area contributed by atoms with Crippen LogP contribution in [0.5, 0.6) is 0 Å². The summed E-state index contributed by atoms with van der Waals surface area (Å²) >= 11 is 5.97. The van der Waals surface area contributed by atoms with Gasteiger partial charge in [0.05, 0.1) is 0 Å². The summed E-state index contributed by atoms with van der Waals surface area (Å²) in [6, 6.07) is 12.1. The van der Waals surface area contributed by atoms with Crippen molar-refractivity contribution in [3.63, 3.8) is 0 Å². The maximum atomic E-state index is 12.2. The van der Waals surface area contributed by atoms with Crippen molar-refractivity contribution >= 4 is 29.2 Å². The molecule has 0 aromatic heterocycles. The number of carbonyl (C=O) groups is 2. The zero-order valence-electron chi connectivity index (χ0n) is 13.5. The molecule has 0 heterocycles. The number of benzene rings is 2. The van der Waals surface area contributed by atoms with Crippen LogP contribution in [-0.2, 0) is 20.9 Å². The van der Waals surface area contributed by atoms with Gasteiger partial charge in [0.25, 0.3) is 5.91 Å². The molecule has 24 heavy (non-hydrogen) atoms. The summed E-state index contributed by atoms with van der Waals surface area (Å²) in [5.41, 5.74) is 2.87. The molecule has 0 aliphatic rings. The zero-order valence-corrected chi connectivity index (χ0v) is 14.2. The molecule has 0 spiro atoms. The number of ether oxygens (including phenoxy) is 2. The van der Waals surface area contributed by atoms with Gasteiger partial charge < -0.3 is 14.8 Å². The number of carbonyl (C=O) groups excluding carboxylic acids is 2. The third-order valence-corrected chi connectivity index (χ3v) is 3.72. The van der Waals surface area contributed by atoms with Crippen molar-refractivity contribution in [1.29, 1.82) is 0 Å². The van der Waals surface area contributed by atoms with E-state index in [9.17, 15) is 9.59 Å². The van der Waals surface area contributed by atoms with Crippen molar-refractivity contribution < 1.29 is 19.1 Å². The van der Waals surface area contributed by atoms with E-state index in [1.165, 1.54) is 7.11 Å². The SMILES string of the molecule is COCC(=O)OCc1ccc(C(=O)Nc2ccc(Cl)c(C)c2)cc1. The van der Waals surface area contributed by atoms with Crippen LogP contribution < -0.4 is 5.32 Å². The molecule has 0 fully saturated rings. The number of esters is 1. The highest BCUT2D eigenvalue weighted by molar-refractivity contribution is 6.31. The molecule has 5 nitrogen and oxygen atoms in total. The first-order valence-corrected chi connectivity index (χ1v) is 7.68. The third-order valence-electron chi connectivity index (χ3n) is 3.29. The molecular weight excluding hydrogens is 330 g/mol. The first-order valence-electron chi connectivity index (χ1n) is 7.30. The van der Waals surface area contributed by atoms with E-state index in [4.69, 9.17) is 16.3 Å². The first kappa shape index (κ1) is 18.0. The Kier molecular flexibility index (Phi) is 6.35. The monoisotopic (exact) mass is 347 g/mol. The molecule has 2 aromatic carbocycles. The van der Waals surface area contributed by atoms with E-state index in [2.05, 4.69) is 10.1 Å². The van der Waals surface area contributed by atoms with Crippen LogP contribution in [0, 0.1) is 6.92 Å². The number of aryl methyl sites for hydroxylation is 1. The van der Waals surface area contributed by atoms with Crippen molar-refractivity contribution in [2.75, 3.05) is 19.0 Å². The molecule has 1 N–H and O–H groups in total. The Morgan fingerprint density at radius 3 is 2.46 bits per heavy atom. The highest BCUT2D eigenvalue weighted by Crippen LogP contribution is 2.20. The van der Waals surface area contributed by atoms with Gasteiger partial charge in [-0.05, 0) is 48.4 Å². The van der Waals surface area contributed by atoms with Crippen molar-refractivity contribution in [2.45, 2.75) is 13.5 Å². The van der Waals surface area contributed by atoms with Crippen LogP contribution in [0.2, 0.25) is 5.02 Å². The van der Waals surface area contributed by atoms with Crippen LogP contribution in [0.3, 0.4) is 0 Å². The van der Waals surface area contributed by atoms with Gasteiger partial charge in [0.15, 0.2) is 0 Å². The summed E-state index contributed by atoms with van der Waals surface area (Å²) in [6.07, 6.45) is 0. The second-order valence-corrected chi connectivity index (χ2v) is 5.62. The van der Waals surface area contributed by atoms with Gasteiger partial charge in [-0.2, -0.15) is 0 Å². The summed E-state index contributed by atoms with van der Waals surface area (Å²) in [4.78, 5) is 23.5. The fourth-order valence-corrected chi connectivity index (χ4v) is 2.12. The number of nitrogens with one attached hydrogen (secondary N) is 1. The molecule has 0 unspecified atom stereocenters. The summed E-state index contributed by atoms with van der Waals surface area (Å²) in [5.74, 6) is -0.655. The summed E-state index contributed by atoms with van der Waals surface area (Å²) in [5, 5.41) is 3.47. The molecule has 126 valence electrons. The van der Waals surface area contributed by atoms with E-state index in [0.29, 0.717) is 16.3 Å². The predicted octanol–water partition coefficient (Wildman–Crippen LogP) is 3.59. The maximum absolute atomic E-state index is 12.2. The van der Waals surface area contributed by atoms with Gasteiger partial charge in [0, 0.05) is 23.4 Å². The van der Waals surface area contributed by atoms with Crippen molar-refractivity contribution in [2.24, 2.45) is 0 Å². The minimum absolute atomic E-state index is 0.0823.